The molecule has 6 heteroatoms. The number of nitrogens with zero attached hydrogens (tertiary/aromatic N) is 1. The third-order valence-corrected chi connectivity index (χ3v) is 5.96. The normalized spacial score (nSPS) is 11.5. The van der Waals surface area contributed by atoms with Crippen molar-refractivity contribution in [1.82, 2.24) is 10.2 Å². The number of hydrogen-bond acceptors (Lipinski definition) is 3. The highest BCUT2D eigenvalue weighted by molar-refractivity contribution is 9.10. The molecule has 0 radical (unpaired) electrons. The number of carbonyl (C=O) groups is 2. The molecule has 0 aliphatic carbocycles. The van der Waals surface area contributed by atoms with E-state index in [1.54, 1.807) is 4.90 Å². The SMILES string of the molecule is CCNC(=O)[C@@H](Cc1ccccc1)N(Cc1ccc(Br)cc1)C(=O)CCCOc1ccccc1. The monoisotopic (exact) mass is 522 g/mol. The fourth-order valence-corrected chi connectivity index (χ4v) is 3.97. The average Bonchev–Trinajstić information content (AvgIpc) is 2.86. The summed E-state index contributed by atoms with van der Waals surface area (Å²) < 4.78 is 6.72. The number of carbonyl (C=O) groups excluding carboxylic acids is 2. The van der Waals surface area contributed by atoms with Gasteiger partial charge in [0, 0.05) is 30.4 Å². The van der Waals surface area contributed by atoms with Crippen molar-refractivity contribution < 1.29 is 14.3 Å². The predicted octanol–water partition coefficient (Wildman–Crippen LogP) is 5.38. The van der Waals surface area contributed by atoms with Gasteiger partial charge in [-0.05, 0) is 48.7 Å². The standard InChI is InChI=1S/C28H31BrN2O3/c1-2-30-28(33)26(20-22-10-5-3-6-11-22)31(21-23-15-17-24(29)18-16-23)27(32)14-9-19-34-25-12-7-4-8-13-25/h3-8,10-13,15-18,26H,2,9,14,19-21H2,1H3,(H,30,33)/t26-/m1/s1. The predicted molar refractivity (Wildman–Crippen MR) is 138 cm³/mol. The van der Waals surface area contributed by atoms with Gasteiger partial charge in [-0.2, -0.15) is 0 Å². The topological polar surface area (TPSA) is 58.6 Å². The van der Waals surface area contributed by atoms with E-state index in [4.69, 9.17) is 4.74 Å². The number of rotatable bonds is 12. The van der Waals surface area contributed by atoms with Gasteiger partial charge >= 0.3 is 0 Å². The molecule has 1 atom stereocenters. The largest absolute Gasteiger partial charge is 0.494 e. The lowest BCUT2D eigenvalue weighted by Gasteiger charge is -2.31. The third kappa shape index (κ3) is 8.03. The van der Waals surface area contributed by atoms with Crippen LogP contribution < -0.4 is 10.1 Å². The van der Waals surface area contributed by atoms with E-state index in [2.05, 4.69) is 21.2 Å². The van der Waals surface area contributed by atoms with Gasteiger partial charge in [-0.15, -0.1) is 0 Å². The van der Waals surface area contributed by atoms with Gasteiger partial charge < -0.3 is 15.0 Å². The highest BCUT2D eigenvalue weighted by Gasteiger charge is 2.29. The van der Waals surface area contributed by atoms with Gasteiger partial charge in [-0.25, -0.2) is 0 Å². The van der Waals surface area contributed by atoms with Gasteiger partial charge in [0.1, 0.15) is 11.8 Å². The summed E-state index contributed by atoms with van der Waals surface area (Å²) in [6.07, 6.45) is 1.32. The summed E-state index contributed by atoms with van der Waals surface area (Å²) in [5.41, 5.74) is 1.99. The first-order valence-electron chi connectivity index (χ1n) is 11.6. The van der Waals surface area contributed by atoms with Crippen LogP contribution in [0.5, 0.6) is 5.75 Å². The zero-order valence-corrected chi connectivity index (χ0v) is 21.0. The van der Waals surface area contributed by atoms with Crippen LogP contribution in [-0.4, -0.2) is 35.9 Å². The van der Waals surface area contributed by atoms with Crippen molar-refractivity contribution in [3.63, 3.8) is 0 Å². The smallest absolute Gasteiger partial charge is 0.243 e. The Bertz CT molecular complexity index is 1030. The maximum atomic E-state index is 13.4. The fraction of sp³-hybridized carbons (Fsp3) is 0.286. The zero-order valence-electron chi connectivity index (χ0n) is 19.5. The highest BCUT2D eigenvalue weighted by atomic mass is 79.9. The number of ether oxygens (including phenoxy) is 1. The van der Waals surface area contributed by atoms with Gasteiger partial charge in [0.2, 0.25) is 11.8 Å². The van der Waals surface area contributed by atoms with E-state index in [0.29, 0.717) is 39.0 Å². The first-order chi connectivity index (χ1) is 16.6. The van der Waals surface area contributed by atoms with Crippen LogP contribution in [0, 0.1) is 0 Å². The molecule has 178 valence electrons. The van der Waals surface area contributed by atoms with Gasteiger partial charge in [-0.1, -0.05) is 76.6 Å². The molecule has 0 unspecified atom stereocenters. The molecule has 3 rings (SSSR count). The summed E-state index contributed by atoms with van der Waals surface area (Å²) in [6, 6.07) is 26.6. The van der Waals surface area contributed by atoms with E-state index >= 15 is 0 Å². The van der Waals surface area contributed by atoms with Crippen molar-refractivity contribution in [1.29, 1.82) is 0 Å². The second kappa shape index (κ2) is 13.6. The van der Waals surface area contributed by atoms with Gasteiger partial charge in [0.05, 0.1) is 6.61 Å². The van der Waals surface area contributed by atoms with Crippen LogP contribution in [0.4, 0.5) is 0 Å². The van der Waals surface area contributed by atoms with E-state index < -0.39 is 6.04 Å². The lowest BCUT2D eigenvalue weighted by molar-refractivity contribution is -0.141. The zero-order chi connectivity index (χ0) is 24.2. The molecule has 0 spiro atoms. The number of hydrogen-bond donors (Lipinski definition) is 1. The second-order valence-electron chi connectivity index (χ2n) is 8.01. The Morgan fingerprint density at radius 3 is 2.21 bits per heavy atom. The number of para-hydroxylation sites is 1. The molecule has 0 aliphatic heterocycles. The summed E-state index contributed by atoms with van der Waals surface area (Å²) in [5, 5.41) is 2.92. The number of likely N-dealkylation sites (N-methyl/N-ethyl adjacent to an activating group) is 1. The molecule has 3 aromatic carbocycles. The molecule has 0 fully saturated rings. The lowest BCUT2D eigenvalue weighted by atomic mass is 10.0. The van der Waals surface area contributed by atoms with E-state index in [9.17, 15) is 9.59 Å². The molecule has 5 nitrogen and oxygen atoms in total. The van der Waals surface area contributed by atoms with Crippen molar-refractivity contribution in [2.24, 2.45) is 0 Å². The summed E-state index contributed by atoms with van der Waals surface area (Å²) in [4.78, 5) is 28.3. The Balaban J connectivity index is 1.76. The molecule has 0 aliphatic rings. The van der Waals surface area contributed by atoms with E-state index in [0.717, 1.165) is 21.3 Å². The summed E-state index contributed by atoms with van der Waals surface area (Å²) in [5.74, 6) is 0.579. The van der Waals surface area contributed by atoms with Crippen LogP contribution in [0.1, 0.15) is 30.9 Å². The molecule has 0 heterocycles. The minimum absolute atomic E-state index is 0.0632. The van der Waals surface area contributed by atoms with Gasteiger partial charge in [0.15, 0.2) is 0 Å². The van der Waals surface area contributed by atoms with Crippen LogP contribution >= 0.6 is 15.9 Å². The fourth-order valence-electron chi connectivity index (χ4n) is 3.71. The summed E-state index contributed by atoms with van der Waals surface area (Å²) in [6.45, 7) is 3.20. The van der Waals surface area contributed by atoms with Crippen LogP contribution in [0.25, 0.3) is 0 Å². The lowest BCUT2D eigenvalue weighted by Crippen LogP contribution is -2.50. The molecule has 0 aromatic heterocycles. The minimum atomic E-state index is -0.603. The number of nitrogens with one attached hydrogen (secondary N) is 1. The van der Waals surface area contributed by atoms with Crippen molar-refractivity contribution >= 4 is 27.7 Å². The maximum absolute atomic E-state index is 13.4. The molecule has 3 aromatic rings. The van der Waals surface area contributed by atoms with E-state index in [1.165, 1.54) is 0 Å². The van der Waals surface area contributed by atoms with E-state index in [-0.39, 0.29) is 11.8 Å². The van der Waals surface area contributed by atoms with Crippen molar-refractivity contribution in [3.05, 3.63) is 101 Å². The average molecular weight is 523 g/mol. The van der Waals surface area contributed by atoms with E-state index in [1.807, 2.05) is 91.9 Å². The van der Waals surface area contributed by atoms with Crippen LogP contribution in [0.15, 0.2) is 89.4 Å². The molecule has 34 heavy (non-hydrogen) atoms. The highest BCUT2D eigenvalue weighted by Crippen LogP contribution is 2.18. The molecular formula is C28H31BrN2O3. The van der Waals surface area contributed by atoms with Gasteiger partial charge in [0.25, 0.3) is 0 Å². The van der Waals surface area contributed by atoms with Crippen LogP contribution in [0.3, 0.4) is 0 Å². The van der Waals surface area contributed by atoms with Crippen molar-refractivity contribution in [2.75, 3.05) is 13.2 Å². The molecule has 0 saturated carbocycles. The molecule has 2 amide bonds. The van der Waals surface area contributed by atoms with Gasteiger partial charge in [-0.3, -0.25) is 9.59 Å². The molecule has 0 saturated heterocycles. The maximum Gasteiger partial charge on any atom is 0.243 e. The second-order valence-corrected chi connectivity index (χ2v) is 8.93. The molecule has 0 bridgehead atoms. The minimum Gasteiger partial charge on any atom is -0.494 e. The molecular weight excluding hydrogens is 492 g/mol. The first-order valence-corrected chi connectivity index (χ1v) is 12.4. The Kier molecular flexibility index (Phi) is 10.2. The van der Waals surface area contributed by atoms with Crippen LogP contribution in [0.2, 0.25) is 0 Å². The molecule has 1 N–H and O–H groups in total. The Morgan fingerprint density at radius 1 is 0.912 bits per heavy atom. The first kappa shape index (κ1) is 25.5. The van der Waals surface area contributed by atoms with Crippen molar-refractivity contribution in [2.45, 2.75) is 38.8 Å². The summed E-state index contributed by atoms with van der Waals surface area (Å²) >= 11 is 3.46. The number of halogens is 1. The number of amides is 2. The number of benzene rings is 3. The third-order valence-electron chi connectivity index (χ3n) is 5.44. The Morgan fingerprint density at radius 2 is 1.56 bits per heavy atom. The summed E-state index contributed by atoms with van der Waals surface area (Å²) in [7, 11) is 0. The Labute approximate surface area is 210 Å². The quantitative estimate of drug-likeness (QED) is 0.324. The van der Waals surface area contributed by atoms with Crippen molar-refractivity contribution in [3.8, 4) is 5.75 Å². The van der Waals surface area contributed by atoms with Crippen LogP contribution in [-0.2, 0) is 22.6 Å². The Hall–Kier alpha value is -3.12.